The smallest absolute Gasteiger partial charge is 0.261 e. The summed E-state index contributed by atoms with van der Waals surface area (Å²) >= 11 is 0. The SMILES string of the molecule is CCC(C)NC(=O)C(Cc1ccccc1)N(Cc1cccc(OC)c1)C(=O)COc1ccccc1F. The molecule has 0 aromatic heterocycles. The Hall–Kier alpha value is -3.87. The summed E-state index contributed by atoms with van der Waals surface area (Å²) in [5.74, 6) is -0.612. The lowest BCUT2D eigenvalue weighted by molar-refractivity contribution is -0.143. The van der Waals surface area contributed by atoms with Gasteiger partial charge in [0.05, 0.1) is 7.11 Å². The van der Waals surface area contributed by atoms with Crippen LogP contribution in [0.1, 0.15) is 31.4 Å². The van der Waals surface area contributed by atoms with Gasteiger partial charge in [-0.05, 0) is 48.7 Å². The fraction of sp³-hybridized carbons (Fsp3) is 0.310. The first-order valence-electron chi connectivity index (χ1n) is 12.0. The van der Waals surface area contributed by atoms with E-state index in [0.29, 0.717) is 12.2 Å². The van der Waals surface area contributed by atoms with E-state index in [1.165, 1.54) is 17.0 Å². The summed E-state index contributed by atoms with van der Waals surface area (Å²) < 4.78 is 25.0. The van der Waals surface area contributed by atoms with Crippen molar-refractivity contribution < 1.29 is 23.5 Å². The molecule has 3 aromatic rings. The first kappa shape index (κ1) is 26.7. The van der Waals surface area contributed by atoms with Crippen molar-refractivity contribution in [2.75, 3.05) is 13.7 Å². The van der Waals surface area contributed by atoms with Crippen molar-refractivity contribution in [3.05, 3.63) is 95.8 Å². The minimum absolute atomic E-state index is 0.0177. The zero-order chi connectivity index (χ0) is 25.9. The van der Waals surface area contributed by atoms with E-state index in [2.05, 4.69) is 5.32 Å². The fourth-order valence-electron chi connectivity index (χ4n) is 3.75. The number of rotatable bonds is 12. The molecule has 2 unspecified atom stereocenters. The van der Waals surface area contributed by atoms with Crippen LogP contribution in [0.15, 0.2) is 78.9 Å². The van der Waals surface area contributed by atoms with Crippen molar-refractivity contribution in [1.29, 1.82) is 0 Å². The van der Waals surface area contributed by atoms with Crippen LogP contribution in [0.3, 0.4) is 0 Å². The van der Waals surface area contributed by atoms with Crippen molar-refractivity contribution in [3.8, 4) is 11.5 Å². The highest BCUT2D eigenvalue weighted by atomic mass is 19.1. The lowest BCUT2D eigenvalue weighted by Crippen LogP contribution is -2.53. The monoisotopic (exact) mass is 492 g/mol. The Morgan fingerprint density at radius 2 is 1.67 bits per heavy atom. The highest BCUT2D eigenvalue weighted by molar-refractivity contribution is 5.88. The van der Waals surface area contributed by atoms with Crippen LogP contribution in [0.25, 0.3) is 0 Å². The number of methoxy groups -OCH3 is 1. The molecule has 0 saturated carbocycles. The van der Waals surface area contributed by atoms with Gasteiger partial charge in [-0.3, -0.25) is 9.59 Å². The van der Waals surface area contributed by atoms with E-state index in [1.54, 1.807) is 19.2 Å². The van der Waals surface area contributed by atoms with Crippen LogP contribution < -0.4 is 14.8 Å². The van der Waals surface area contributed by atoms with Gasteiger partial charge in [-0.2, -0.15) is 0 Å². The van der Waals surface area contributed by atoms with E-state index in [4.69, 9.17) is 9.47 Å². The summed E-state index contributed by atoms with van der Waals surface area (Å²) in [6, 6.07) is 21.9. The molecule has 0 saturated heterocycles. The van der Waals surface area contributed by atoms with Gasteiger partial charge in [-0.1, -0.05) is 61.5 Å². The second-order valence-electron chi connectivity index (χ2n) is 8.62. The second-order valence-corrected chi connectivity index (χ2v) is 8.62. The molecule has 2 amide bonds. The number of carbonyl (C=O) groups excluding carboxylic acids is 2. The number of hydrogen-bond donors (Lipinski definition) is 1. The van der Waals surface area contributed by atoms with E-state index in [-0.39, 0.29) is 24.2 Å². The van der Waals surface area contributed by atoms with Gasteiger partial charge in [0.15, 0.2) is 18.2 Å². The maximum Gasteiger partial charge on any atom is 0.261 e. The molecule has 0 aliphatic heterocycles. The lowest BCUT2D eigenvalue weighted by Gasteiger charge is -2.32. The second kappa shape index (κ2) is 13.3. The molecule has 0 heterocycles. The van der Waals surface area contributed by atoms with Crippen molar-refractivity contribution in [2.45, 2.75) is 45.3 Å². The van der Waals surface area contributed by atoms with Crippen LogP contribution in [-0.2, 0) is 22.6 Å². The molecule has 0 aliphatic rings. The molecule has 0 aliphatic carbocycles. The number of benzene rings is 3. The first-order chi connectivity index (χ1) is 17.4. The third-order valence-electron chi connectivity index (χ3n) is 5.95. The lowest BCUT2D eigenvalue weighted by atomic mass is 10.0. The number of hydrogen-bond acceptors (Lipinski definition) is 4. The van der Waals surface area contributed by atoms with Gasteiger partial charge in [0, 0.05) is 19.0 Å². The Bertz CT molecular complexity index is 1140. The van der Waals surface area contributed by atoms with Crippen LogP contribution in [0, 0.1) is 5.82 Å². The number of halogens is 1. The molecule has 0 radical (unpaired) electrons. The van der Waals surface area contributed by atoms with Gasteiger partial charge in [0.1, 0.15) is 11.8 Å². The summed E-state index contributed by atoms with van der Waals surface area (Å²) in [7, 11) is 1.57. The zero-order valence-corrected chi connectivity index (χ0v) is 20.9. The highest BCUT2D eigenvalue weighted by Crippen LogP contribution is 2.20. The Morgan fingerprint density at radius 1 is 0.972 bits per heavy atom. The van der Waals surface area contributed by atoms with Crippen LogP contribution in [0.4, 0.5) is 4.39 Å². The Balaban J connectivity index is 1.94. The number of ether oxygens (including phenoxy) is 2. The molecule has 1 N–H and O–H groups in total. The average Bonchev–Trinajstić information content (AvgIpc) is 2.90. The normalized spacial score (nSPS) is 12.3. The Kier molecular flexibility index (Phi) is 9.86. The minimum atomic E-state index is -0.802. The summed E-state index contributed by atoms with van der Waals surface area (Å²) in [6.07, 6.45) is 1.07. The van der Waals surface area contributed by atoms with Crippen LogP contribution >= 0.6 is 0 Å². The third kappa shape index (κ3) is 7.57. The fourth-order valence-corrected chi connectivity index (χ4v) is 3.75. The van der Waals surface area contributed by atoms with Crippen molar-refractivity contribution in [2.24, 2.45) is 0 Å². The van der Waals surface area contributed by atoms with Crippen molar-refractivity contribution >= 4 is 11.8 Å². The van der Waals surface area contributed by atoms with Crippen LogP contribution in [0.5, 0.6) is 11.5 Å². The molecule has 6 nitrogen and oxygen atoms in total. The molecular formula is C29H33FN2O4. The predicted molar refractivity (Wildman–Crippen MR) is 137 cm³/mol. The number of para-hydroxylation sites is 1. The maximum atomic E-state index is 14.1. The Labute approximate surface area is 212 Å². The molecule has 2 atom stereocenters. The van der Waals surface area contributed by atoms with E-state index < -0.39 is 24.4 Å². The van der Waals surface area contributed by atoms with Crippen LogP contribution in [0.2, 0.25) is 0 Å². The molecular weight excluding hydrogens is 459 g/mol. The summed E-state index contributed by atoms with van der Waals surface area (Å²) in [5.41, 5.74) is 1.71. The van der Waals surface area contributed by atoms with E-state index in [0.717, 1.165) is 17.5 Å². The number of nitrogens with zero attached hydrogens (tertiary/aromatic N) is 1. The number of carbonyl (C=O) groups is 2. The van der Waals surface area contributed by atoms with Crippen LogP contribution in [-0.4, -0.2) is 42.5 Å². The quantitative estimate of drug-likeness (QED) is 0.396. The van der Waals surface area contributed by atoms with E-state index in [9.17, 15) is 14.0 Å². The third-order valence-corrected chi connectivity index (χ3v) is 5.95. The van der Waals surface area contributed by atoms with E-state index >= 15 is 0 Å². The largest absolute Gasteiger partial charge is 0.497 e. The minimum Gasteiger partial charge on any atom is -0.497 e. The molecule has 190 valence electrons. The zero-order valence-electron chi connectivity index (χ0n) is 20.9. The Morgan fingerprint density at radius 3 is 2.36 bits per heavy atom. The standard InChI is InChI=1S/C29H33FN2O4/c1-4-21(2)31-29(34)26(18-22-11-6-5-7-12-22)32(19-23-13-10-14-24(17-23)35-3)28(33)20-36-27-16-9-8-15-25(27)30/h5-17,21,26H,4,18-20H2,1-3H3,(H,31,34). The summed E-state index contributed by atoms with van der Waals surface area (Å²) in [6.45, 7) is 3.65. The summed E-state index contributed by atoms with van der Waals surface area (Å²) in [4.78, 5) is 28.5. The first-order valence-corrected chi connectivity index (χ1v) is 12.0. The van der Waals surface area contributed by atoms with Gasteiger partial charge in [-0.25, -0.2) is 4.39 Å². The molecule has 0 spiro atoms. The van der Waals surface area contributed by atoms with E-state index in [1.807, 2.05) is 68.4 Å². The topological polar surface area (TPSA) is 67.9 Å². The molecule has 3 aromatic carbocycles. The molecule has 36 heavy (non-hydrogen) atoms. The molecule has 0 fully saturated rings. The number of amides is 2. The maximum absolute atomic E-state index is 14.1. The summed E-state index contributed by atoms with van der Waals surface area (Å²) in [5, 5.41) is 3.02. The van der Waals surface area contributed by atoms with Gasteiger partial charge < -0.3 is 19.7 Å². The molecule has 0 bridgehead atoms. The van der Waals surface area contributed by atoms with Crippen molar-refractivity contribution in [1.82, 2.24) is 10.2 Å². The average molecular weight is 493 g/mol. The van der Waals surface area contributed by atoms with Gasteiger partial charge in [-0.15, -0.1) is 0 Å². The molecule has 3 rings (SSSR count). The highest BCUT2D eigenvalue weighted by Gasteiger charge is 2.31. The van der Waals surface area contributed by atoms with Gasteiger partial charge in [0.25, 0.3) is 5.91 Å². The van der Waals surface area contributed by atoms with Gasteiger partial charge >= 0.3 is 0 Å². The predicted octanol–water partition coefficient (Wildman–Crippen LogP) is 4.77. The van der Waals surface area contributed by atoms with Crippen molar-refractivity contribution in [3.63, 3.8) is 0 Å². The van der Waals surface area contributed by atoms with Gasteiger partial charge in [0.2, 0.25) is 5.91 Å². The molecule has 7 heteroatoms. The number of nitrogens with one attached hydrogen (secondary N) is 1.